The highest BCUT2D eigenvalue weighted by atomic mass is 32.3. The lowest BCUT2D eigenvalue weighted by molar-refractivity contribution is -0.150. The van der Waals surface area contributed by atoms with Gasteiger partial charge in [0.25, 0.3) is 0 Å². The van der Waals surface area contributed by atoms with Crippen LogP contribution >= 0.6 is 0 Å². The Morgan fingerprint density at radius 2 is 2.06 bits per heavy atom. The zero-order chi connectivity index (χ0) is 13.4. The molecule has 0 spiro atoms. The number of nitrogens with zero attached hydrogens (tertiary/aromatic N) is 1. The van der Waals surface area contributed by atoms with E-state index < -0.39 is 46.4 Å². The van der Waals surface area contributed by atoms with E-state index in [2.05, 4.69) is 0 Å². The summed E-state index contributed by atoms with van der Waals surface area (Å²) in [6.45, 7) is 2.81. The smallest absolute Gasteiger partial charge is 0.326 e. The van der Waals surface area contributed by atoms with E-state index in [4.69, 9.17) is 5.11 Å². The molecule has 2 atom stereocenters. The molecular formula is C9H14FNO5S. The second-order valence-corrected chi connectivity index (χ2v) is 5.99. The van der Waals surface area contributed by atoms with Crippen LogP contribution in [0.5, 0.6) is 0 Å². The van der Waals surface area contributed by atoms with E-state index in [0.717, 1.165) is 4.90 Å². The van der Waals surface area contributed by atoms with E-state index in [1.165, 1.54) is 0 Å². The molecule has 1 rings (SSSR count). The molecule has 1 aliphatic heterocycles. The number of carbonyl (C=O) groups is 2. The molecule has 1 aliphatic rings. The van der Waals surface area contributed by atoms with Gasteiger partial charge in [-0.05, 0) is 5.92 Å². The van der Waals surface area contributed by atoms with E-state index >= 15 is 0 Å². The predicted molar refractivity (Wildman–Crippen MR) is 56.4 cm³/mol. The third-order valence-electron chi connectivity index (χ3n) is 2.74. The zero-order valence-electron chi connectivity index (χ0n) is 9.46. The molecule has 0 radical (unpaired) electrons. The van der Waals surface area contributed by atoms with Crippen molar-refractivity contribution in [2.24, 2.45) is 5.92 Å². The van der Waals surface area contributed by atoms with Crippen LogP contribution in [0, 0.1) is 5.92 Å². The number of likely N-dealkylation sites (tertiary alicyclic amines) is 1. The van der Waals surface area contributed by atoms with Crippen LogP contribution in [0.15, 0.2) is 0 Å². The van der Waals surface area contributed by atoms with Crippen LogP contribution in [-0.2, 0) is 19.8 Å². The fraction of sp³-hybridized carbons (Fsp3) is 0.778. The fourth-order valence-corrected chi connectivity index (χ4v) is 2.61. The first-order valence-electron chi connectivity index (χ1n) is 5.10. The first-order chi connectivity index (χ1) is 7.64. The maximum absolute atomic E-state index is 12.8. The number of halogens is 1. The highest BCUT2D eigenvalue weighted by molar-refractivity contribution is 7.87. The summed E-state index contributed by atoms with van der Waals surface area (Å²) in [6.07, 6.45) is -0.491. The lowest BCUT2D eigenvalue weighted by atomic mass is 10.0. The number of hydrogen-bond acceptors (Lipinski definition) is 4. The van der Waals surface area contributed by atoms with Crippen molar-refractivity contribution in [1.29, 1.82) is 0 Å². The minimum Gasteiger partial charge on any atom is -0.480 e. The Labute approximate surface area is 98.6 Å². The monoisotopic (exact) mass is 267 g/mol. The SMILES string of the molecule is CC(C)C(C(=O)O)N1CC(S(=O)(=O)F)CC1=O. The fourth-order valence-electron chi connectivity index (χ4n) is 1.93. The van der Waals surface area contributed by atoms with Crippen molar-refractivity contribution in [3.63, 3.8) is 0 Å². The largest absolute Gasteiger partial charge is 0.480 e. The Bertz CT molecular complexity index is 433. The highest BCUT2D eigenvalue weighted by Crippen LogP contribution is 2.24. The average Bonchev–Trinajstić information content (AvgIpc) is 2.46. The molecular weight excluding hydrogens is 253 g/mol. The summed E-state index contributed by atoms with van der Waals surface area (Å²) in [4.78, 5) is 23.4. The Kier molecular flexibility index (Phi) is 3.75. The quantitative estimate of drug-likeness (QED) is 0.724. The third-order valence-corrected chi connectivity index (χ3v) is 3.85. The number of carboxylic acids is 1. The Morgan fingerprint density at radius 3 is 2.35 bits per heavy atom. The zero-order valence-corrected chi connectivity index (χ0v) is 10.3. The van der Waals surface area contributed by atoms with Gasteiger partial charge in [0.15, 0.2) is 0 Å². The summed E-state index contributed by atoms with van der Waals surface area (Å²) in [6, 6.07) is -1.12. The molecule has 2 unspecified atom stereocenters. The van der Waals surface area contributed by atoms with Gasteiger partial charge in [0, 0.05) is 13.0 Å². The molecule has 8 heteroatoms. The van der Waals surface area contributed by atoms with Gasteiger partial charge in [-0.25, -0.2) is 4.79 Å². The number of rotatable bonds is 4. The van der Waals surface area contributed by atoms with Crippen LogP contribution in [0.1, 0.15) is 20.3 Å². The summed E-state index contributed by atoms with van der Waals surface area (Å²) < 4.78 is 34.1. The molecule has 1 N–H and O–H groups in total. The summed E-state index contributed by atoms with van der Waals surface area (Å²) >= 11 is 0. The van der Waals surface area contributed by atoms with E-state index in [0.29, 0.717) is 0 Å². The Morgan fingerprint density at radius 1 is 1.53 bits per heavy atom. The first kappa shape index (κ1) is 13.9. The number of aliphatic carboxylic acids is 1. The van der Waals surface area contributed by atoms with Crippen molar-refractivity contribution in [1.82, 2.24) is 4.90 Å². The number of carbonyl (C=O) groups excluding carboxylic acids is 1. The van der Waals surface area contributed by atoms with Crippen LogP contribution < -0.4 is 0 Å². The molecule has 1 fully saturated rings. The summed E-state index contributed by atoms with van der Waals surface area (Å²) in [5, 5.41) is 7.53. The maximum atomic E-state index is 12.8. The molecule has 1 saturated heterocycles. The first-order valence-corrected chi connectivity index (χ1v) is 6.55. The lowest BCUT2D eigenvalue weighted by Gasteiger charge is -2.27. The van der Waals surface area contributed by atoms with Crippen molar-refractivity contribution in [3.05, 3.63) is 0 Å². The molecule has 1 amide bonds. The van der Waals surface area contributed by atoms with Crippen molar-refractivity contribution in [3.8, 4) is 0 Å². The van der Waals surface area contributed by atoms with E-state index in [9.17, 15) is 21.9 Å². The van der Waals surface area contributed by atoms with Gasteiger partial charge >= 0.3 is 16.2 Å². The molecule has 1 heterocycles. The van der Waals surface area contributed by atoms with Gasteiger partial charge < -0.3 is 10.0 Å². The molecule has 0 bridgehead atoms. The number of hydrogen-bond donors (Lipinski definition) is 1. The lowest BCUT2D eigenvalue weighted by Crippen LogP contribution is -2.46. The van der Waals surface area contributed by atoms with Gasteiger partial charge in [0.2, 0.25) is 5.91 Å². The predicted octanol–water partition coefficient (Wildman–Crippen LogP) is -0.00420. The summed E-state index contributed by atoms with van der Waals surface area (Å²) in [5.41, 5.74) is 0. The second-order valence-electron chi connectivity index (χ2n) is 4.37. The van der Waals surface area contributed by atoms with Crippen LogP contribution in [0.4, 0.5) is 3.89 Å². The van der Waals surface area contributed by atoms with Gasteiger partial charge in [-0.3, -0.25) is 4.79 Å². The van der Waals surface area contributed by atoms with Gasteiger partial charge in [0.05, 0.1) is 0 Å². The molecule has 0 aromatic carbocycles. The van der Waals surface area contributed by atoms with Gasteiger partial charge in [0.1, 0.15) is 11.3 Å². The summed E-state index contributed by atoms with van der Waals surface area (Å²) in [5.74, 6) is -2.24. The minimum atomic E-state index is -4.81. The maximum Gasteiger partial charge on any atom is 0.326 e. The number of amides is 1. The van der Waals surface area contributed by atoms with Gasteiger partial charge in [-0.15, -0.1) is 3.89 Å². The van der Waals surface area contributed by atoms with Crippen LogP contribution in [0.3, 0.4) is 0 Å². The van der Waals surface area contributed by atoms with Gasteiger partial charge in [-0.2, -0.15) is 8.42 Å². The molecule has 0 aliphatic carbocycles. The topological polar surface area (TPSA) is 91.8 Å². The normalized spacial score (nSPS) is 23.2. The molecule has 0 saturated carbocycles. The van der Waals surface area contributed by atoms with Crippen molar-refractivity contribution >= 4 is 22.1 Å². The van der Waals surface area contributed by atoms with E-state index in [1.807, 2.05) is 0 Å². The standard InChI is InChI=1S/C9H14FNO5S/c1-5(2)8(9(13)14)11-4-6(3-7(11)12)17(10,15)16/h5-6,8H,3-4H2,1-2H3,(H,13,14). The van der Waals surface area contributed by atoms with Crippen molar-refractivity contribution in [2.45, 2.75) is 31.6 Å². The summed E-state index contributed by atoms with van der Waals surface area (Å²) in [7, 11) is -4.81. The van der Waals surface area contributed by atoms with Crippen LogP contribution in [0.25, 0.3) is 0 Å². The van der Waals surface area contributed by atoms with Gasteiger partial charge in [-0.1, -0.05) is 13.8 Å². The molecule has 98 valence electrons. The number of carboxylic acid groups (broad SMARTS) is 1. The van der Waals surface area contributed by atoms with Crippen molar-refractivity contribution in [2.75, 3.05) is 6.54 Å². The van der Waals surface area contributed by atoms with Crippen molar-refractivity contribution < 1.29 is 27.0 Å². The van der Waals surface area contributed by atoms with Crippen LogP contribution in [-0.4, -0.2) is 48.1 Å². The molecule has 0 aromatic rings. The Hall–Kier alpha value is -1.18. The van der Waals surface area contributed by atoms with E-state index in [1.54, 1.807) is 13.8 Å². The average molecular weight is 267 g/mol. The Balaban J connectivity index is 2.94. The van der Waals surface area contributed by atoms with E-state index in [-0.39, 0.29) is 5.92 Å². The minimum absolute atomic E-state index is 0.377. The second kappa shape index (κ2) is 4.59. The third kappa shape index (κ3) is 2.93. The molecule has 6 nitrogen and oxygen atoms in total. The molecule has 0 aromatic heterocycles. The highest BCUT2D eigenvalue weighted by Gasteiger charge is 2.44. The van der Waals surface area contributed by atoms with Crippen LogP contribution in [0.2, 0.25) is 0 Å². The molecule has 17 heavy (non-hydrogen) atoms.